The highest BCUT2D eigenvalue weighted by atomic mass is 19.1. The highest BCUT2D eigenvalue weighted by molar-refractivity contribution is 6.02. The summed E-state index contributed by atoms with van der Waals surface area (Å²) in [5, 5.41) is 5.24. The molecule has 0 aliphatic heterocycles. The number of benzene rings is 2. The van der Waals surface area contributed by atoms with E-state index in [4.69, 9.17) is 0 Å². The molecule has 2 rings (SSSR count). The van der Waals surface area contributed by atoms with Crippen LogP contribution in [-0.4, -0.2) is 24.3 Å². The Labute approximate surface area is 144 Å². The van der Waals surface area contributed by atoms with Crippen LogP contribution in [0.1, 0.15) is 13.8 Å². The molecule has 2 aromatic rings. The van der Waals surface area contributed by atoms with E-state index in [0.717, 1.165) is 4.90 Å². The smallest absolute Gasteiger partial charge is 0.244 e. The van der Waals surface area contributed by atoms with E-state index >= 15 is 0 Å². The summed E-state index contributed by atoms with van der Waals surface area (Å²) in [6.07, 6.45) is 0. The van der Waals surface area contributed by atoms with E-state index in [1.807, 2.05) is 0 Å². The average Bonchev–Trinajstić information content (AvgIpc) is 2.54. The second-order valence-corrected chi connectivity index (χ2v) is 5.36. The van der Waals surface area contributed by atoms with E-state index in [1.54, 1.807) is 30.3 Å². The number of para-hydroxylation sites is 1. The monoisotopic (exact) mass is 343 g/mol. The predicted octanol–water partition coefficient (Wildman–Crippen LogP) is 2.78. The summed E-state index contributed by atoms with van der Waals surface area (Å²) in [7, 11) is 0. The van der Waals surface area contributed by atoms with Gasteiger partial charge in [-0.3, -0.25) is 14.4 Å². The maximum Gasteiger partial charge on any atom is 0.244 e. The quantitative estimate of drug-likeness (QED) is 0.876. The molecule has 7 heteroatoms. The average molecular weight is 343 g/mol. The molecule has 2 N–H and O–H groups in total. The fraction of sp³-hybridized carbons (Fsp3) is 0.167. The Morgan fingerprint density at radius 1 is 0.920 bits per heavy atom. The van der Waals surface area contributed by atoms with E-state index in [0.29, 0.717) is 11.4 Å². The summed E-state index contributed by atoms with van der Waals surface area (Å²) >= 11 is 0. The zero-order chi connectivity index (χ0) is 18.4. The number of carbonyl (C=O) groups is 3. The number of carbonyl (C=O) groups excluding carboxylic acids is 3. The molecular formula is C18H18FN3O3. The van der Waals surface area contributed by atoms with Crippen LogP contribution in [0.3, 0.4) is 0 Å². The van der Waals surface area contributed by atoms with Crippen molar-refractivity contribution in [1.29, 1.82) is 0 Å². The Bertz CT molecular complexity index is 790. The summed E-state index contributed by atoms with van der Waals surface area (Å²) in [4.78, 5) is 36.0. The minimum Gasteiger partial charge on any atom is -0.326 e. The van der Waals surface area contributed by atoms with Gasteiger partial charge in [-0.15, -0.1) is 0 Å². The Hall–Kier alpha value is -3.22. The van der Waals surface area contributed by atoms with Crippen molar-refractivity contribution >= 4 is 34.8 Å². The number of hydrogen-bond acceptors (Lipinski definition) is 3. The third-order valence-corrected chi connectivity index (χ3v) is 3.31. The van der Waals surface area contributed by atoms with E-state index in [9.17, 15) is 18.8 Å². The van der Waals surface area contributed by atoms with Crippen molar-refractivity contribution in [3.8, 4) is 0 Å². The molecule has 0 aromatic heterocycles. The summed E-state index contributed by atoms with van der Waals surface area (Å²) in [5.41, 5.74) is 1.14. The van der Waals surface area contributed by atoms with Crippen molar-refractivity contribution in [2.24, 2.45) is 0 Å². The largest absolute Gasteiger partial charge is 0.326 e. The third kappa shape index (κ3) is 5.13. The molecule has 0 bridgehead atoms. The van der Waals surface area contributed by atoms with Crippen LogP contribution < -0.4 is 15.5 Å². The first-order valence-corrected chi connectivity index (χ1v) is 7.57. The topological polar surface area (TPSA) is 78.5 Å². The lowest BCUT2D eigenvalue weighted by atomic mass is 10.2. The Kier molecular flexibility index (Phi) is 5.84. The van der Waals surface area contributed by atoms with Crippen LogP contribution in [-0.2, 0) is 14.4 Å². The predicted molar refractivity (Wildman–Crippen MR) is 93.8 cm³/mol. The molecule has 0 spiro atoms. The summed E-state index contributed by atoms with van der Waals surface area (Å²) in [6.45, 7) is 2.35. The lowest BCUT2D eigenvalue weighted by molar-refractivity contribution is -0.120. The van der Waals surface area contributed by atoms with Crippen molar-refractivity contribution in [3.63, 3.8) is 0 Å². The van der Waals surface area contributed by atoms with E-state index < -0.39 is 17.6 Å². The molecule has 2 aromatic carbocycles. The molecule has 0 atom stereocenters. The van der Waals surface area contributed by atoms with Crippen LogP contribution in [0.2, 0.25) is 0 Å². The van der Waals surface area contributed by atoms with Crippen molar-refractivity contribution in [2.45, 2.75) is 13.8 Å². The van der Waals surface area contributed by atoms with Gasteiger partial charge >= 0.3 is 0 Å². The second-order valence-electron chi connectivity index (χ2n) is 5.36. The van der Waals surface area contributed by atoms with E-state index in [2.05, 4.69) is 10.6 Å². The molecule has 0 radical (unpaired) electrons. The summed E-state index contributed by atoms with van der Waals surface area (Å²) in [5.74, 6) is -1.68. The number of halogens is 1. The Morgan fingerprint density at radius 2 is 1.48 bits per heavy atom. The van der Waals surface area contributed by atoms with Gasteiger partial charge in [0.25, 0.3) is 0 Å². The lowest BCUT2D eigenvalue weighted by Crippen LogP contribution is -2.37. The molecule has 0 heterocycles. The SMILES string of the molecule is CC(=O)Nc1ccc(NC(=O)CN(C(C)=O)c2ccccc2F)cc1. The van der Waals surface area contributed by atoms with Gasteiger partial charge in [-0.05, 0) is 36.4 Å². The minimum absolute atomic E-state index is 0.0474. The van der Waals surface area contributed by atoms with Gasteiger partial charge in [0.2, 0.25) is 17.7 Å². The molecule has 6 nitrogen and oxygen atoms in total. The van der Waals surface area contributed by atoms with Gasteiger partial charge in [0.05, 0.1) is 5.69 Å². The molecule has 0 aliphatic carbocycles. The molecular weight excluding hydrogens is 325 g/mol. The standard InChI is InChI=1S/C18H18FN3O3/c1-12(23)20-14-7-9-15(10-8-14)21-18(25)11-22(13(2)24)17-6-4-3-5-16(17)19/h3-10H,11H2,1-2H3,(H,20,23)(H,21,25). The van der Waals surface area contributed by atoms with E-state index in [1.165, 1.54) is 32.0 Å². The Morgan fingerprint density at radius 3 is 2.00 bits per heavy atom. The summed E-state index contributed by atoms with van der Waals surface area (Å²) < 4.78 is 13.9. The molecule has 0 aliphatic rings. The van der Waals surface area contributed by atoms with Crippen LogP contribution in [0, 0.1) is 5.82 Å². The maximum absolute atomic E-state index is 13.9. The molecule has 0 saturated carbocycles. The van der Waals surface area contributed by atoms with Crippen molar-refractivity contribution in [2.75, 3.05) is 22.1 Å². The van der Waals surface area contributed by atoms with Crippen LogP contribution in [0.4, 0.5) is 21.5 Å². The lowest BCUT2D eigenvalue weighted by Gasteiger charge is -2.21. The maximum atomic E-state index is 13.9. The Balaban J connectivity index is 2.06. The number of anilines is 3. The van der Waals surface area contributed by atoms with Crippen LogP contribution in [0.15, 0.2) is 48.5 Å². The first kappa shape index (κ1) is 18.1. The van der Waals surface area contributed by atoms with Crippen LogP contribution >= 0.6 is 0 Å². The minimum atomic E-state index is -0.579. The zero-order valence-corrected chi connectivity index (χ0v) is 13.9. The molecule has 0 unspecified atom stereocenters. The van der Waals surface area contributed by atoms with Gasteiger partial charge < -0.3 is 15.5 Å². The van der Waals surface area contributed by atoms with E-state index in [-0.39, 0.29) is 18.1 Å². The van der Waals surface area contributed by atoms with Gasteiger partial charge in [-0.2, -0.15) is 0 Å². The van der Waals surface area contributed by atoms with Crippen LogP contribution in [0.25, 0.3) is 0 Å². The molecule has 0 saturated heterocycles. The van der Waals surface area contributed by atoms with Crippen molar-refractivity contribution in [3.05, 3.63) is 54.3 Å². The first-order valence-electron chi connectivity index (χ1n) is 7.57. The van der Waals surface area contributed by atoms with Crippen molar-refractivity contribution in [1.82, 2.24) is 0 Å². The highest BCUT2D eigenvalue weighted by Gasteiger charge is 2.18. The van der Waals surface area contributed by atoms with Gasteiger partial charge in [-0.25, -0.2) is 4.39 Å². The van der Waals surface area contributed by atoms with Crippen LogP contribution in [0.5, 0.6) is 0 Å². The normalized spacial score (nSPS) is 10.0. The second kappa shape index (κ2) is 8.05. The molecule has 25 heavy (non-hydrogen) atoms. The summed E-state index contributed by atoms with van der Waals surface area (Å²) in [6, 6.07) is 12.3. The van der Waals surface area contributed by atoms with Gasteiger partial charge in [-0.1, -0.05) is 12.1 Å². The van der Waals surface area contributed by atoms with Gasteiger partial charge in [0, 0.05) is 25.2 Å². The van der Waals surface area contributed by atoms with Gasteiger partial charge in [0.1, 0.15) is 12.4 Å². The molecule has 3 amide bonds. The first-order chi connectivity index (χ1) is 11.9. The fourth-order valence-electron chi connectivity index (χ4n) is 2.22. The number of nitrogens with one attached hydrogen (secondary N) is 2. The number of hydrogen-bond donors (Lipinski definition) is 2. The molecule has 130 valence electrons. The highest BCUT2D eigenvalue weighted by Crippen LogP contribution is 2.19. The number of rotatable bonds is 5. The number of nitrogens with zero attached hydrogens (tertiary/aromatic N) is 1. The van der Waals surface area contributed by atoms with Crippen molar-refractivity contribution < 1.29 is 18.8 Å². The third-order valence-electron chi connectivity index (χ3n) is 3.31. The molecule has 0 fully saturated rings. The number of amides is 3. The van der Waals surface area contributed by atoms with Gasteiger partial charge in [0.15, 0.2) is 0 Å². The fourth-order valence-corrected chi connectivity index (χ4v) is 2.22. The zero-order valence-electron chi connectivity index (χ0n) is 13.9.